The Kier molecular flexibility index (Phi) is 4.39. The molecule has 0 unspecified atom stereocenters. The summed E-state index contributed by atoms with van der Waals surface area (Å²) in [6.07, 6.45) is 4.96. The lowest BCUT2D eigenvalue weighted by Crippen LogP contribution is -2.30. The van der Waals surface area contributed by atoms with Crippen LogP contribution in [0.1, 0.15) is 31.2 Å². The third-order valence-electron chi connectivity index (χ3n) is 4.46. The molecule has 0 amide bonds. The van der Waals surface area contributed by atoms with Gasteiger partial charge in [-0.2, -0.15) is 0 Å². The summed E-state index contributed by atoms with van der Waals surface area (Å²) >= 11 is 0. The van der Waals surface area contributed by atoms with E-state index in [1.54, 1.807) is 23.7 Å². The van der Waals surface area contributed by atoms with E-state index in [1.807, 2.05) is 12.1 Å². The molecule has 4 heteroatoms. The molecule has 1 aliphatic carbocycles. The fourth-order valence-corrected chi connectivity index (χ4v) is 3.12. The van der Waals surface area contributed by atoms with Crippen molar-refractivity contribution in [2.24, 2.45) is 7.05 Å². The first-order chi connectivity index (χ1) is 10.6. The maximum atomic E-state index is 13.0. The van der Waals surface area contributed by atoms with Gasteiger partial charge in [-0.3, -0.25) is 4.79 Å². The third kappa shape index (κ3) is 3.12. The van der Waals surface area contributed by atoms with Gasteiger partial charge in [0.15, 0.2) is 0 Å². The lowest BCUT2D eigenvalue weighted by Gasteiger charge is -2.14. The molecule has 1 saturated carbocycles. The zero-order valence-electron chi connectivity index (χ0n) is 12.8. The molecule has 1 aromatic carbocycles. The highest BCUT2D eigenvalue weighted by atomic mass is 19.1. The molecular weight excluding hydrogens is 279 g/mol. The molecule has 1 aliphatic rings. The number of nitrogens with zero attached hydrogens (tertiary/aromatic N) is 1. The topological polar surface area (TPSA) is 34.0 Å². The summed E-state index contributed by atoms with van der Waals surface area (Å²) in [4.78, 5) is 12.5. The monoisotopic (exact) mass is 300 g/mol. The van der Waals surface area contributed by atoms with Crippen molar-refractivity contribution in [1.82, 2.24) is 9.88 Å². The van der Waals surface area contributed by atoms with Crippen LogP contribution in [-0.2, 0) is 13.6 Å². The molecule has 1 fully saturated rings. The maximum absolute atomic E-state index is 13.0. The van der Waals surface area contributed by atoms with Gasteiger partial charge in [-0.25, -0.2) is 4.39 Å². The van der Waals surface area contributed by atoms with Gasteiger partial charge in [-0.1, -0.05) is 18.9 Å². The number of hydrogen-bond donors (Lipinski definition) is 1. The maximum Gasteiger partial charge on any atom is 0.255 e. The molecular formula is C18H21FN2O. The number of nitrogens with one attached hydrogen (secondary N) is 1. The largest absolute Gasteiger partial charge is 0.311 e. The number of halogens is 1. The first kappa shape index (κ1) is 15.0. The Morgan fingerprint density at radius 3 is 2.50 bits per heavy atom. The summed E-state index contributed by atoms with van der Waals surface area (Å²) in [6, 6.07) is 10.6. The van der Waals surface area contributed by atoms with Crippen molar-refractivity contribution in [1.29, 1.82) is 0 Å². The average molecular weight is 300 g/mol. The van der Waals surface area contributed by atoms with Crippen LogP contribution in [-0.4, -0.2) is 10.6 Å². The van der Waals surface area contributed by atoms with Gasteiger partial charge in [0.1, 0.15) is 5.82 Å². The highest BCUT2D eigenvalue weighted by molar-refractivity contribution is 5.59. The first-order valence-corrected chi connectivity index (χ1v) is 7.83. The molecule has 0 saturated heterocycles. The van der Waals surface area contributed by atoms with Crippen LogP contribution in [0.25, 0.3) is 11.3 Å². The highest BCUT2D eigenvalue weighted by Gasteiger charge is 2.15. The van der Waals surface area contributed by atoms with Gasteiger partial charge in [0.25, 0.3) is 5.56 Å². The minimum Gasteiger partial charge on any atom is -0.311 e. The van der Waals surface area contributed by atoms with Crippen molar-refractivity contribution in [2.45, 2.75) is 38.3 Å². The van der Waals surface area contributed by atoms with Crippen molar-refractivity contribution in [3.05, 3.63) is 58.1 Å². The molecule has 1 N–H and O–H groups in total. The Labute approximate surface area is 129 Å². The van der Waals surface area contributed by atoms with E-state index >= 15 is 0 Å². The van der Waals surface area contributed by atoms with Gasteiger partial charge >= 0.3 is 0 Å². The highest BCUT2D eigenvalue weighted by Crippen LogP contribution is 2.19. The Bertz CT molecular complexity index is 700. The van der Waals surface area contributed by atoms with E-state index in [1.165, 1.54) is 37.8 Å². The molecule has 3 rings (SSSR count). The predicted octanol–water partition coefficient (Wildman–Crippen LogP) is 3.22. The predicted molar refractivity (Wildman–Crippen MR) is 86.2 cm³/mol. The number of pyridine rings is 1. The summed E-state index contributed by atoms with van der Waals surface area (Å²) < 4.78 is 14.7. The van der Waals surface area contributed by atoms with E-state index in [0.717, 1.165) is 16.8 Å². The Hall–Kier alpha value is -1.94. The summed E-state index contributed by atoms with van der Waals surface area (Å²) in [5.41, 5.74) is 2.43. The van der Waals surface area contributed by atoms with Gasteiger partial charge in [0.2, 0.25) is 0 Å². The second-order valence-corrected chi connectivity index (χ2v) is 5.98. The molecule has 2 aromatic rings. The van der Waals surface area contributed by atoms with Crippen molar-refractivity contribution in [2.75, 3.05) is 0 Å². The summed E-state index contributed by atoms with van der Waals surface area (Å²) in [5, 5.41) is 3.47. The Morgan fingerprint density at radius 2 is 1.82 bits per heavy atom. The van der Waals surface area contributed by atoms with Gasteiger partial charge in [-0.15, -0.1) is 0 Å². The first-order valence-electron chi connectivity index (χ1n) is 7.83. The molecule has 116 valence electrons. The van der Waals surface area contributed by atoms with Crippen LogP contribution < -0.4 is 10.9 Å². The number of aromatic nitrogens is 1. The fourth-order valence-electron chi connectivity index (χ4n) is 3.12. The van der Waals surface area contributed by atoms with Crippen LogP contribution in [0.15, 0.2) is 41.2 Å². The Balaban J connectivity index is 1.81. The zero-order valence-corrected chi connectivity index (χ0v) is 12.8. The molecule has 22 heavy (non-hydrogen) atoms. The minimum atomic E-state index is -0.272. The van der Waals surface area contributed by atoms with Crippen molar-refractivity contribution >= 4 is 0 Å². The second-order valence-electron chi connectivity index (χ2n) is 5.98. The quantitative estimate of drug-likeness (QED) is 0.940. The molecule has 1 heterocycles. The van der Waals surface area contributed by atoms with E-state index in [-0.39, 0.29) is 11.4 Å². The van der Waals surface area contributed by atoms with Gasteiger partial charge in [0.05, 0.1) is 5.69 Å². The summed E-state index contributed by atoms with van der Waals surface area (Å²) in [6.45, 7) is 0.612. The molecule has 3 nitrogen and oxygen atoms in total. The van der Waals surface area contributed by atoms with Crippen LogP contribution in [0, 0.1) is 5.82 Å². The molecule has 0 aliphatic heterocycles. The SMILES string of the molecule is Cn1c(-c2ccc(F)cc2)ccc(CNC2CCCC2)c1=O. The summed E-state index contributed by atoms with van der Waals surface area (Å²) in [7, 11) is 1.76. The van der Waals surface area contributed by atoms with Crippen LogP contribution in [0.3, 0.4) is 0 Å². The van der Waals surface area contributed by atoms with Crippen molar-refractivity contribution < 1.29 is 4.39 Å². The average Bonchev–Trinajstić information content (AvgIpc) is 3.03. The molecule has 1 aromatic heterocycles. The van der Waals surface area contributed by atoms with Crippen LogP contribution in [0.2, 0.25) is 0 Å². The number of rotatable bonds is 4. The van der Waals surface area contributed by atoms with Gasteiger partial charge in [-0.05, 0) is 48.7 Å². The molecule has 0 bridgehead atoms. The van der Waals surface area contributed by atoms with Gasteiger partial charge in [0, 0.05) is 25.2 Å². The number of benzene rings is 1. The normalized spacial score (nSPS) is 15.4. The molecule has 0 radical (unpaired) electrons. The van der Waals surface area contributed by atoms with Crippen molar-refractivity contribution in [3.8, 4) is 11.3 Å². The van der Waals surface area contributed by atoms with E-state index < -0.39 is 0 Å². The Morgan fingerprint density at radius 1 is 1.14 bits per heavy atom. The summed E-state index contributed by atoms with van der Waals surface area (Å²) in [5.74, 6) is -0.272. The minimum absolute atomic E-state index is 0.00678. The van der Waals surface area contributed by atoms with E-state index in [2.05, 4.69) is 5.32 Å². The van der Waals surface area contributed by atoms with Crippen LogP contribution in [0.5, 0.6) is 0 Å². The standard InChI is InChI=1S/C18H21FN2O/c1-21-17(13-6-9-15(19)10-7-13)11-8-14(18(21)22)12-20-16-4-2-3-5-16/h6-11,16,20H,2-5,12H2,1H3. The van der Waals surface area contributed by atoms with Crippen LogP contribution in [0.4, 0.5) is 4.39 Å². The van der Waals surface area contributed by atoms with E-state index in [0.29, 0.717) is 12.6 Å². The molecule has 0 spiro atoms. The van der Waals surface area contributed by atoms with Crippen molar-refractivity contribution in [3.63, 3.8) is 0 Å². The fraction of sp³-hybridized carbons (Fsp3) is 0.389. The van der Waals surface area contributed by atoms with Gasteiger partial charge < -0.3 is 9.88 Å². The number of hydrogen-bond acceptors (Lipinski definition) is 2. The third-order valence-corrected chi connectivity index (χ3v) is 4.46. The smallest absolute Gasteiger partial charge is 0.255 e. The zero-order chi connectivity index (χ0) is 15.5. The second kappa shape index (κ2) is 6.44. The lowest BCUT2D eigenvalue weighted by atomic mass is 10.1. The molecule has 0 atom stereocenters. The van der Waals surface area contributed by atoms with Crippen LogP contribution >= 0.6 is 0 Å². The lowest BCUT2D eigenvalue weighted by molar-refractivity contribution is 0.521. The van der Waals surface area contributed by atoms with E-state index in [4.69, 9.17) is 0 Å². The van der Waals surface area contributed by atoms with E-state index in [9.17, 15) is 9.18 Å².